The molecule has 0 bridgehead atoms. The van der Waals surface area contributed by atoms with Crippen molar-refractivity contribution in [2.24, 2.45) is 0 Å². The van der Waals surface area contributed by atoms with Gasteiger partial charge in [-0.25, -0.2) is 0 Å². The second-order valence-electron chi connectivity index (χ2n) is 16.2. The Kier molecular flexibility index (Phi) is 23.6. The summed E-state index contributed by atoms with van der Waals surface area (Å²) < 4.78 is 16.3. The van der Waals surface area contributed by atoms with E-state index < -0.39 is 0 Å². The normalized spacial score (nSPS) is 18.7. The van der Waals surface area contributed by atoms with E-state index in [9.17, 15) is 0 Å². The molecule has 2 unspecified atom stereocenters. The number of nitrogens with zero attached hydrogens (tertiary/aromatic N) is 6. The van der Waals surface area contributed by atoms with Crippen LogP contribution < -0.4 is 46.1 Å². The first-order chi connectivity index (χ1) is 30.8. The fourth-order valence-electron chi connectivity index (χ4n) is 7.96. The first kappa shape index (κ1) is 53.4. The summed E-state index contributed by atoms with van der Waals surface area (Å²) in [7, 11) is 3.17. The molecule has 8 rings (SSSR count). The van der Waals surface area contributed by atoms with Gasteiger partial charge in [-0.1, -0.05) is 89.4 Å². The van der Waals surface area contributed by atoms with Crippen LogP contribution in [0.1, 0.15) is 118 Å². The van der Waals surface area contributed by atoms with Crippen molar-refractivity contribution in [1.29, 1.82) is 0 Å². The van der Waals surface area contributed by atoms with Crippen molar-refractivity contribution in [1.82, 2.24) is 40.5 Å². The molecule has 0 amide bonds. The van der Waals surface area contributed by atoms with Crippen molar-refractivity contribution >= 4 is 70.0 Å². The van der Waals surface area contributed by atoms with Gasteiger partial charge >= 0.3 is 6.01 Å². The summed E-state index contributed by atoms with van der Waals surface area (Å²) in [5, 5.41) is 29.5. The van der Waals surface area contributed by atoms with Gasteiger partial charge in [0.25, 0.3) is 0 Å². The second kappa shape index (κ2) is 28.8. The molecule has 16 nitrogen and oxygen atoms in total. The minimum Gasteiger partial charge on any atom is -0.495 e. The van der Waals surface area contributed by atoms with Gasteiger partial charge in [-0.3, -0.25) is 0 Å². The SMILES string of the molecule is C.C.COc1ccc(Nc2nc(Cl)nc(NC3CCCCCC3)n2)cc1Cl.COc1ccc(Nc2nc(NC3CCCCCC3)nc(OCC3CCCN3)n2)cc1Cl.OCC1CCCN1. The van der Waals surface area contributed by atoms with Gasteiger partial charge in [0.2, 0.25) is 29.1 Å². The minimum atomic E-state index is 0. The maximum Gasteiger partial charge on any atom is 0.323 e. The molecule has 4 aromatic rings. The largest absolute Gasteiger partial charge is 0.495 e. The molecule has 2 atom stereocenters. The van der Waals surface area contributed by atoms with Crippen molar-refractivity contribution in [3.05, 3.63) is 51.7 Å². The number of hydrogen-bond donors (Lipinski definition) is 7. The third-order valence-corrected chi connectivity index (χ3v) is 12.1. The maximum atomic E-state index is 8.50. The van der Waals surface area contributed by atoms with Gasteiger partial charge in [-0.2, -0.15) is 29.9 Å². The van der Waals surface area contributed by atoms with Gasteiger partial charge < -0.3 is 51.2 Å². The van der Waals surface area contributed by atoms with Crippen molar-refractivity contribution in [3.63, 3.8) is 0 Å². The maximum absolute atomic E-state index is 8.50. The Balaban J connectivity index is 0.000000244. The predicted molar refractivity (Wildman–Crippen MR) is 266 cm³/mol. The molecule has 2 saturated heterocycles. The molecule has 7 N–H and O–H groups in total. The third-order valence-electron chi connectivity index (χ3n) is 11.4. The van der Waals surface area contributed by atoms with Crippen LogP contribution in [-0.2, 0) is 0 Å². The molecule has 2 aliphatic heterocycles. The topological polar surface area (TPSA) is 197 Å². The lowest BCUT2D eigenvalue weighted by atomic mass is 10.1. The molecule has 0 spiro atoms. The number of hydrogen-bond acceptors (Lipinski definition) is 16. The van der Waals surface area contributed by atoms with E-state index in [4.69, 9.17) is 54.1 Å². The van der Waals surface area contributed by atoms with Crippen molar-refractivity contribution < 1.29 is 19.3 Å². The van der Waals surface area contributed by atoms with Crippen LogP contribution in [0.4, 0.5) is 35.2 Å². The van der Waals surface area contributed by atoms with Gasteiger partial charge in [0.15, 0.2) is 0 Å². The summed E-state index contributed by atoms with van der Waals surface area (Å²) in [5.41, 5.74) is 1.51. The summed E-state index contributed by atoms with van der Waals surface area (Å²) in [6.07, 6.45) is 19.3. The van der Waals surface area contributed by atoms with Crippen molar-refractivity contribution in [3.8, 4) is 17.5 Å². The van der Waals surface area contributed by atoms with E-state index in [0.29, 0.717) is 88.7 Å². The summed E-state index contributed by atoms with van der Waals surface area (Å²) in [5.74, 6) is 3.05. The van der Waals surface area contributed by atoms with Gasteiger partial charge in [0.05, 0.1) is 30.9 Å². The number of nitrogens with one attached hydrogen (secondary N) is 6. The average molecular weight is 963 g/mol. The van der Waals surface area contributed by atoms with E-state index >= 15 is 0 Å². The molecule has 360 valence electrons. The molecule has 4 aliphatic rings. The standard InChI is InChI=1S/C22H31ClN6O2.C17H21Cl2N5O.C5H11NO.2CH4/c1-30-19-11-10-16(13-18(19)23)26-21-27-20(25-15-7-4-2-3-5-8-15)28-22(29-21)31-14-17-9-6-12-24-17;1-25-14-9-8-12(10-13(14)18)21-17-23-15(19)22-16(24-17)20-11-6-4-2-3-5-7-11;7-4-5-2-1-3-6-5;;/h10-11,13,15,17,24H,2-9,12,14H2,1H3,(H2,25,26,27,28,29);8-11H,2-7H2,1H3,(H2,20,21,22,23,24);5-7H,1-4H2;2*1H4. The van der Waals surface area contributed by atoms with Crippen LogP contribution in [0.15, 0.2) is 36.4 Å². The van der Waals surface area contributed by atoms with Crippen LogP contribution in [0, 0.1) is 0 Å². The van der Waals surface area contributed by atoms with Crippen LogP contribution in [0.2, 0.25) is 15.3 Å². The fraction of sp³-hybridized carbons (Fsp3) is 0.609. The second-order valence-corrected chi connectivity index (χ2v) is 17.4. The Hall–Kier alpha value is -4.19. The molecular formula is C46H71Cl3N12O4. The van der Waals surface area contributed by atoms with E-state index in [0.717, 1.165) is 63.0 Å². The quantitative estimate of drug-likeness (QED) is 0.0589. The summed E-state index contributed by atoms with van der Waals surface area (Å²) >= 11 is 18.5. The Bertz CT molecular complexity index is 1980. The average Bonchev–Trinajstić information content (AvgIpc) is 3.88. The van der Waals surface area contributed by atoms with Crippen LogP contribution in [-0.4, -0.2) is 99.7 Å². The van der Waals surface area contributed by atoms with Crippen LogP contribution >= 0.6 is 34.8 Å². The summed E-state index contributed by atoms with van der Waals surface area (Å²) in [6, 6.07) is 12.6. The molecule has 2 saturated carbocycles. The molecule has 4 fully saturated rings. The molecule has 19 heteroatoms. The summed E-state index contributed by atoms with van der Waals surface area (Å²) in [4.78, 5) is 26.3. The third kappa shape index (κ3) is 18.2. The van der Waals surface area contributed by atoms with Gasteiger partial charge in [-0.05, 0) is 112 Å². The molecule has 2 aliphatic carbocycles. The van der Waals surface area contributed by atoms with Crippen LogP contribution in [0.3, 0.4) is 0 Å². The Labute approximate surface area is 400 Å². The Morgan fingerprint density at radius 3 is 1.45 bits per heavy atom. The number of aromatic nitrogens is 6. The highest BCUT2D eigenvalue weighted by Crippen LogP contribution is 2.31. The molecular weight excluding hydrogens is 891 g/mol. The van der Waals surface area contributed by atoms with Crippen LogP contribution in [0.5, 0.6) is 17.5 Å². The lowest BCUT2D eigenvalue weighted by Gasteiger charge is -2.18. The fourth-order valence-corrected chi connectivity index (χ4v) is 8.63. The van der Waals surface area contributed by atoms with Crippen LogP contribution in [0.25, 0.3) is 0 Å². The lowest BCUT2D eigenvalue weighted by Crippen LogP contribution is -2.28. The Morgan fingerprint density at radius 1 is 0.569 bits per heavy atom. The highest BCUT2D eigenvalue weighted by Gasteiger charge is 2.19. The van der Waals surface area contributed by atoms with Crippen molar-refractivity contribution in [2.45, 2.75) is 142 Å². The number of benzene rings is 2. The monoisotopic (exact) mass is 960 g/mol. The Morgan fingerprint density at radius 2 is 1.02 bits per heavy atom. The van der Waals surface area contributed by atoms with E-state index in [1.165, 1.54) is 64.2 Å². The highest BCUT2D eigenvalue weighted by molar-refractivity contribution is 6.32. The number of rotatable bonds is 14. The smallest absolute Gasteiger partial charge is 0.323 e. The number of methoxy groups -OCH3 is 2. The predicted octanol–water partition coefficient (Wildman–Crippen LogP) is 10.6. The van der Waals surface area contributed by atoms with Gasteiger partial charge in [0, 0.05) is 35.5 Å². The van der Waals surface area contributed by atoms with Gasteiger partial charge in [0.1, 0.15) is 18.1 Å². The summed E-state index contributed by atoms with van der Waals surface area (Å²) in [6.45, 7) is 2.97. The lowest BCUT2D eigenvalue weighted by molar-refractivity contribution is 0.255. The number of ether oxygens (including phenoxy) is 3. The molecule has 65 heavy (non-hydrogen) atoms. The van der Waals surface area contributed by atoms with E-state index in [1.807, 2.05) is 12.1 Å². The zero-order valence-electron chi connectivity index (χ0n) is 36.4. The van der Waals surface area contributed by atoms with Gasteiger partial charge in [-0.15, -0.1) is 0 Å². The zero-order chi connectivity index (χ0) is 44.2. The number of halogens is 3. The molecule has 2 aromatic carbocycles. The van der Waals surface area contributed by atoms with Crippen molar-refractivity contribution in [2.75, 3.05) is 61.8 Å². The number of aliphatic hydroxyl groups excluding tert-OH is 1. The molecule has 2 aromatic heterocycles. The first-order valence-electron chi connectivity index (χ1n) is 22.4. The van der Waals surface area contributed by atoms with E-state index in [1.54, 1.807) is 38.5 Å². The molecule has 0 radical (unpaired) electrons. The number of aliphatic hydroxyl groups is 1. The minimum absolute atomic E-state index is 0. The first-order valence-corrected chi connectivity index (χ1v) is 23.5. The van der Waals surface area contributed by atoms with E-state index in [-0.39, 0.29) is 20.1 Å². The highest BCUT2D eigenvalue weighted by atomic mass is 35.5. The van der Waals surface area contributed by atoms with E-state index in [2.05, 4.69) is 61.8 Å². The molecule has 4 heterocycles. The zero-order valence-corrected chi connectivity index (χ0v) is 38.7. The number of anilines is 6.